The van der Waals surface area contributed by atoms with Crippen molar-refractivity contribution in [3.05, 3.63) is 29.8 Å². The third-order valence-corrected chi connectivity index (χ3v) is 5.61. The van der Waals surface area contributed by atoms with Gasteiger partial charge in [-0.05, 0) is 42.5 Å². The highest BCUT2D eigenvalue weighted by Crippen LogP contribution is 2.33. The first-order chi connectivity index (χ1) is 14.9. The zero-order valence-electron chi connectivity index (χ0n) is 19.8. The molecular weight excluding hydrogens is 392 g/mol. The second-order valence-corrected chi connectivity index (χ2v) is 8.50. The molecule has 1 aliphatic carbocycles. The number of carbonyl (C=O) groups excluding carboxylic acids is 2. The van der Waals surface area contributed by atoms with Gasteiger partial charge in [-0.3, -0.25) is 9.59 Å². The van der Waals surface area contributed by atoms with Gasteiger partial charge >= 0.3 is 5.97 Å². The molecule has 31 heavy (non-hydrogen) atoms. The van der Waals surface area contributed by atoms with Gasteiger partial charge in [-0.15, -0.1) is 0 Å². The maximum Gasteiger partial charge on any atom is 0.325 e. The van der Waals surface area contributed by atoms with Gasteiger partial charge in [0.15, 0.2) is 0 Å². The van der Waals surface area contributed by atoms with E-state index in [-0.39, 0.29) is 30.2 Å². The average molecular weight is 435 g/mol. The Morgan fingerprint density at radius 1 is 1.13 bits per heavy atom. The van der Waals surface area contributed by atoms with Crippen molar-refractivity contribution in [2.45, 2.75) is 84.1 Å². The summed E-state index contributed by atoms with van der Waals surface area (Å²) < 4.78 is 4.51. The predicted molar refractivity (Wildman–Crippen MR) is 125 cm³/mol. The van der Waals surface area contributed by atoms with Gasteiger partial charge in [0, 0.05) is 0 Å². The van der Waals surface area contributed by atoms with Gasteiger partial charge in [-0.1, -0.05) is 77.8 Å². The number of benzene rings is 1. The highest BCUT2D eigenvalue weighted by molar-refractivity contribution is 5.85. The van der Waals surface area contributed by atoms with Crippen LogP contribution in [0.2, 0.25) is 0 Å². The topological polar surface area (TPSA) is 87.7 Å². The predicted octanol–water partition coefficient (Wildman–Crippen LogP) is 4.52. The summed E-state index contributed by atoms with van der Waals surface area (Å²) in [4.78, 5) is 23.2. The zero-order chi connectivity index (χ0) is 23.1. The van der Waals surface area contributed by atoms with Crippen LogP contribution in [0.15, 0.2) is 24.3 Å². The minimum atomic E-state index is -0.470. The van der Waals surface area contributed by atoms with Gasteiger partial charge in [0.05, 0.1) is 13.2 Å². The lowest BCUT2D eigenvalue weighted by Crippen LogP contribution is -2.51. The number of nitrogens with one attached hydrogen (secondary N) is 2. The molecule has 6 nitrogen and oxygen atoms in total. The normalized spacial score (nSPS) is 22.6. The van der Waals surface area contributed by atoms with Crippen molar-refractivity contribution in [2.24, 2.45) is 5.92 Å². The smallest absolute Gasteiger partial charge is 0.325 e. The average Bonchev–Trinajstić information content (AvgIpc) is 2.79. The molecule has 0 radical (unpaired) electrons. The van der Waals surface area contributed by atoms with Crippen LogP contribution in [0.25, 0.3) is 0 Å². The molecule has 1 saturated carbocycles. The second kappa shape index (κ2) is 15.7. The molecule has 1 aromatic rings. The van der Waals surface area contributed by atoms with E-state index in [2.05, 4.69) is 36.1 Å². The highest BCUT2D eigenvalue weighted by Gasteiger charge is 2.32. The van der Waals surface area contributed by atoms with Crippen molar-refractivity contribution >= 4 is 11.9 Å². The Balaban J connectivity index is 0.000000444. The number of phenols is 1. The van der Waals surface area contributed by atoms with E-state index in [0.717, 1.165) is 5.56 Å². The lowest BCUT2D eigenvalue weighted by Gasteiger charge is -2.35. The van der Waals surface area contributed by atoms with Crippen LogP contribution in [0, 0.1) is 5.92 Å². The van der Waals surface area contributed by atoms with Gasteiger partial charge < -0.3 is 20.5 Å². The van der Waals surface area contributed by atoms with Gasteiger partial charge in [0.1, 0.15) is 12.3 Å². The summed E-state index contributed by atoms with van der Waals surface area (Å²) in [6.07, 6.45) is 10.9. The number of hydrogen-bond donors (Lipinski definition) is 3. The molecule has 3 rings (SSSR count). The molecule has 0 spiro atoms. The molecule has 1 unspecified atom stereocenters. The van der Waals surface area contributed by atoms with E-state index in [1.54, 1.807) is 12.1 Å². The maximum absolute atomic E-state index is 12.1. The second-order valence-electron chi connectivity index (χ2n) is 8.50. The van der Waals surface area contributed by atoms with E-state index < -0.39 is 5.97 Å². The van der Waals surface area contributed by atoms with Crippen molar-refractivity contribution < 1.29 is 19.4 Å². The van der Waals surface area contributed by atoms with E-state index in [9.17, 15) is 14.7 Å². The van der Waals surface area contributed by atoms with Crippen LogP contribution in [-0.4, -0.2) is 43.2 Å². The summed E-state index contributed by atoms with van der Waals surface area (Å²) in [6, 6.07) is 6.81. The molecule has 2 aliphatic rings. The Labute approximate surface area is 188 Å². The quantitative estimate of drug-likeness (QED) is 0.607. The van der Waals surface area contributed by atoms with E-state index >= 15 is 0 Å². The van der Waals surface area contributed by atoms with Crippen LogP contribution in [0.4, 0.5) is 0 Å². The fraction of sp³-hybridized carbons (Fsp3) is 0.680. The SMILES string of the molecule is C1CCCCC1.CCC.COC(=O)CNC(=O)C1C[C@@H](c2cccc(O)c2)[C@@H](C)CN1. The van der Waals surface area contributed by atoms with Crippen LogP contribution < -0.4 is 10.6 Å². The summed E-state index contributed by atoms with van der Waals surface area (Å²) in [5, 5.41) is 15.4. The Morgan fingerprint density at radius 2 is 1.71 bits per heavy atom. The monoisotopic (exact) mass is 434 g/mol. The van der Waals surface area contributed by atoms with Crippen molar-refractivity contribution in [2.75, 3.05) is 20.2 Å². The largest absolute Gasteiger partial charge is 0.508 e. The van der Waals surface area contributed by atoms with Crippen molar-refractivity contribution in [1.29, 1.82) is 0 Å². The van der Waals surface area contributed by atoms with Gasteiger partial charge in [0.25, 0.3) is 0 Å². The van der Waals surface area contributed by atoms with Crippen LogP contribution in [0.1, 0.15) is 83.6 Å². The van der Waals surface area contributed by atoms with Crippen LogP contribution in [0.3, 0.4) is 0 Å². The molecule has 1 aliphatic heterocycles. The van der Waals surface area contributed by atoms with E-state index in [1.807, 2.05) is 12.1 Å². The number of aromatic hydroxyl groups is 1. The number of piperidine rings is 1. The third kappa shape index (κ3) is 10.7. The fourth-order valence-corrected chi connectivity index (χ4v) is 3.88. The first kappa shape index (κ1) is 27.0. The zero-order valence-corrected chi connectivity index (χ0v) is 19.8. The maximum atomic E-state index is 12.1. The number of methoxy groups -OCH3 is 1. The number of ether oxygens (including phenoxy) is 1. The summed E-state index contributed by atoms with van der Waals surface area (Å²) in [5.74, 6) is 0.0909. The van der Waals surface area contributed by atoms with E-state index in [0.29, 0.717) is 18.9 Å². The van der Waals surface area contributed by atoms with Gasteiger partial charge in [-0.25, -0.2) is 0 Å². The minimum absolute atomic E-state index is 0.125. The Hall–Kier alpha value is -2.08. The van der Waals surface area contributed by atoms with E-state index in [4.69, 9.17) is 0 Å². The number of hydrogen-bond acceptors (Lipinski definition) is 5. The summed E-state index contributed by atoms with van der Waals surface area (Å²) in [5.41, 5.74) is 1.03. The molecule has 1 aromatic carbocycles. The number of carbonyl (C=O) groups is 2. The summed E-state index contributed by atoms with van der Waals surface area (Å²) >= 11 is 0. The van der Waals surface area contributed by atoms with E-state index in [1.165, 1.54) is 52.1 Å². The number of rotatable bonds is 4. The molecule has 2 fully saturated rings. The molecule has 1 saturated heterocycles. The molecule has 1 heterocycles. The number of phenolic OH excluding ortho intramolecular Hbond substituents is 1. The van der Waals surface area contributed by atoms with Crippen molar-refractivity contribution in [3.63, 3.8) is 0 Å². The molecule has 176 valence electrons. The van der Waals surface area contributed by atoms with Crippen LogP contribution in [-0.2, 0) is 14.3 Å². The third-order valence-electron chi connectivity index (χ3n) is 5.61. The first-order valence-electron chi connectivity index (χ1n) is 11.8. The lowest BCUT2D eigenvalue weighted by molar-refractivity contribution is -0.141. The molecule has 3 N–H and O–H groups in total. The first-order valence-corrected chi connectivity index (χ1v) is 11.8. The molecule has 0 aromatic heterocycles. The van der Waals surface area contributed by atoms with Crippen LogP contribution >= 0.6 is 0 Å². The number of esters is 1. The van der Waals surface area contributed by atoms with Crippen molar-refractivity contribution in [3.8, 4) is 5.75 Å². The summed E-state index contributed by atoms with van der Waals surface area (Å²) in [7, 11) is 1.28. The minimum Gasteiger partial charge on any atom is -0.508 e. The molecule has 6 heteroatoms. The van der Waals surface area contributed by atoms with Crippen LogP contribution in [0.5, 0.6) is 5.75 Å². The Bertz CT molecular complexity index is 635. The van der Waals surface area contributed by atoms with Gasteiger partial charge in [0.2, 0.25) is 5.91 Å². The standard InChI is InChI=1S/C16H22N2O4.C6H12.C3H8/c1-10-8-17-14(16(21)18-9-15(20)22-2)7-13(10)11-4-3-5-12(19)6-11;1-2-4-6-5-3-1;1-3-2/h3-6,10,13-14,17,19H,7-9H2,1-2H3,(H,18,21);1-6H2;3H2,1-2H3/t10-,13+,14?;;/m0../s1. The Kier molecular flexibility index (Phi) is 13.6. The Morgan fingerprint density at radius 3 is 2.23 bits per heavy atom. The van der Waals surface area contributed by atoms with Crippen molar-refractivity contribution in [1.82, 2.24) is 10.6 Å². The molecule has 0 bridgehead atoms. The molecule has 1 amide bonds. The molecule has 3 atom stereocenters. The highest BCUT2D eigenvalue weighted by atomic mass is 16.5. The molecular formula is C25H42N2O4. The van der Waals surface area contributed by atoms with Gasteiger partial charge in [-0.2, -0.15) is 0 Å². The summed E-state index contributed by atoms with van der Waals surface area (Å²) in [6.45, 7) is 6.95. The fourth-order valence-electron chi connectivity index (χ4n) is 3.88. The lowest BCUT2D eigenvalue weighted by atomic mass is 9.79. The number of amides is 1.